The van der Waals surface area contributed by atoms with Crippen LogP contribution in [0, 0.1) is 5.92 Å². The van der Waals surface area contributed by atoms with Gasteiger partial charge in [0.2, 0.25) is 0 Å². The van der Waals surface area contributed by atoms with E-state index in [2.05, 4.69) is 11.4 Å². The molecular formula is C17H19NO3. The first-order valence-corrected chi connectivity index (χ1v) is 7.89. The van der Waals surface area contributed by atoms with Crippen LogP contribution in [0.1, 0.15) is 30.4 Å². The van der Waals surface area contributed by atoms with Crippen LogP contribution in [0.2, 0.25) is 0 Å². The van der Waals surface area contributed by atoms with Crippen LogP contribution >= 0.6 is 0 Å². The smallest absolute Gasteiger partial charge is 0.174 e. The Bertz CT molecular complexity index is 656. The van der Waals surface area contributed by atoms with E-state index in [1.807, 2.05) is 6.07 Å². The summed E-state index contributed by atoms with van der Waals surface area (Å²) in [5.41, 5.74) is 2.54. The van der Waals surface area contributed by atoms with Crippen LogP contribution in [-0.4, -0.2) is 31.6 Å². The van der Waals surface area contributed by atoms with Crippen LogP contribution in [0.5, 0.6) is 11.5 Å². The highest BCUT2D eigenvalue weighted by molar-refractivity contribution is 5.89. The maximum absolute atomic E-state index is 12.5. The number of benzene rings is 1. The van der Waals surface area contributed by atoms with E-state index >= 15 is 0 Å². The van der Waals surface area contributed by atoms with E-state index in [0.29, 0.717) is 18.4 Å². The van der Waals surface area contributed by atoms with Gasteiger partial charge in [0.15, 0.2) is 23.4 Å². The van der Waals surface area contributed by atoms with E-state index in [1.165, 1.54) is 11.1 Å². The Balaban J connectivity index is 1.83. The quantitative estimate of drug-likeness (QED) is 0.851. The Kier molecular flexibility index (Phi) is 2.18. The van der Waals surface area contributed by atoms with Crippen molar-refractivity contribution in [1.82, 2.24) is 5.32 Å². The molecule has 2 aliphatic heterocycles. The summed E-state index contributed by atoms with van der Waals surface area (Å²) in [6.07, 6.45) is 3.40. The molecule has 2 fully saturated rings. The number of ketones is 1. The molecule has 2 bridgehead atoms. The Morgan fingerprint density at radius 2 is 2.33 bits per heavy atom. The van der Waals surface area contributed by atoms with Crippen molar-refractivity contribution in [2.45, 2.75) is 43.2 Å². The van der Waals surface area contributed by atoms with Crippen molar-refractivity contribution in [2.75, 3.05) is 13.7 Å². The Morgan fingerprint density at radius 1 is 1.43 bits per heavy atom. The minimum absolute atomic E-state index is 0.0945. The number of nitrogens with one attached hydrogen (secondary N) is 1. The molecule has 4 atom stereocenters. The number of carbonyl (C=O) groups is 1. The lowest BCUT2D eigenvalue weighted by Crippen LogP contribution is -2.65. The van der Waals surface area contributed by atoms with E-state index in [-0.39, 0.29) is 17.3 Å². The standard InChI is InChI=1S/C17H19NO3/c1-20-13-5-2-9-8-11-10-3-4-12(19)16-17(10,6-7-18-11)14(9)15(13)21-16/h2,5,10-11,16,18H,3-4,6-8H2,1H3/t10-,11+,16?,17-/m1/s1. The van der Waals surface area contributed by atoms with E-state index in [1.54, 1.807) is 7.11 Å². The fraction of sp³-hybridized carbons (Fsp3) is 0.588. The summed E-state index contributed by atoms with van der Waals surface area (Å²) in [6, 6.07) is 4.65. The highest BCUT2D eigenvalue weighted by atomic mass is 16.5. The Hall–Kier alpha value is -1.55. The maximum Gasteiger partial charge on any atom is 0.174 e. The molecule has 110 valence electrons. The lowest BCUT2D eigenvalue weighted by atomic mass is 9.52. The summed E-state index contributed by atoms with van der Waals surface area (Å²) in [5, 5.41) is 3.67. The molecule has 4 nitrogen and oxygen atoms in total. The third-order valence-electron chi connectivity index (χ3n) is 6.12. The number of hydrogen-bond donors (Lipinski definition) is 1. The largest absolute Gasteiger partial charge is 0.493 e. The van der Waals surface area contributed by atoms with Crippen LogP contribution in [-0.2, 0) is 16.6 Å². The van der Waals surface area contributed by atoms with Gasteiger partial charge in [-0.2, -0.15) is 0 Å². The fourth-order valence-electron chi connectivity index (χ4n) is 5.40. The van der Waals surface area contributed by atoms with Gasteiger partial charge < -0.3 is 14.8 Å². The molecule has 1 spiro atoms. The van der Waals surface area contributed by atoms with Gasteiger partial charge in [0, 0.05) is 23.4 Å². The average molecular weight is 285 g/mol. The van der Waals surface area contributed by atoms with Crippen molar-refractivity contribution >= 4 is 5.78 Å². The van der Waals surface area contributed by atoms with Crippen LogP contribution in [0.15, 0.2) is 12.1 Å². The second kappa shape index (κ2) is 3.80. The number of Topliss-reactive ketones (excluding diaryl/α,β-unsaturated/α-hetero) is 1. The number of carbonyl (C=O) groups excluding carboxylic acids is 1. The summed E-state index contributed by atoms with van der Waals surface area (Å²) in [7, 11) is 1.68. The van der Waals surface area contributed by atoms with Crippen molar-refractivity contribution in [1.29, 1.82) is 0 Å². The highest BCUT2D eigenvalue weighted by Crippen LogP contribution is 2.61. The number of piperidine rings is 1. The van der Waals surface area contributed by atoms with Crippen LogP contribution in [0.4, 0.5) is 0 Å². The molecular weight excluding hydrogens is 266 g/mol. The normalized spacial score (nSPS) is 38.7. The van der Waals surface area contributed by atoms with Gasteiger partial charge in [-0.15, -0.1) is 0 Å². The number of methoxy groups -OCH3 is 1. The molecule has 1 saturated heterocycles. The molecule has 1 aromatic rings. The predicted molar refractivity (Wildman–Crippen MR) is 76.9 cm³/mol. The minimum Gasteiger partial charge on any atom is -0.493 e. The summed E-state index contributed by atoms with van der Waals surface area (Å²) in [6.45, 7) is 0.977. The van der Waals surface area contributed by atoms with Crippen molar-refractivity contribution in [3.8, 4) is 11.5 Å². The van der Waals surface area contributed by atoms with Crippen molar-refractivity contribution < 1.29 is 14.3 Å². The molecule has 21 heavy (non-hydrogen) atoms. The van der Waals surface area contributed by atoms with Gasteiger partial charge >= 0.3 is 0 Å². The lowest BCUT2D eigenvalue weighted by molar-refractivity contribution is -0.135. The molecule has 2 heterocycles. The van der Waals surface area contributed by atoms with Gasteiger partial charge in [-0.1, -0.05) is 6.07 Å². The van der Waals surface area contributed by atoms with E-state index < -0.39 is 0 Å². The predicted octanol–water partition coefficient (Wildman–Crippen LogP) is 1.59. The number of ether oxygens (including phenoxy) is 2. The summed E-state index contributed by atoms with van der Waals surface area (Å²) in [5.74, 6) is 2.43. The van der Waals surface area contributed by atoms with Crippen LogP contribution in [0.25, 0.3) is 0 Å². The topological polar surface area (TPSA) is 47.6 Å². The highest BCUT2D eigenvalue weighted by Gasteiger charge is 2.64. The zero-order valence-electron chi connectivity index (χ0n) is 12.1. The minimum atomic E-state index is -0.286. The van der Waals surface area contributed by atoms with Gasteiger partial charge in [0.25, 0.3) is 0 Å². The van der Waals surface area contributed by atoms with Crippen molar-refractivity contribution in [3.63, 3.8) is 0 Å². The molecule has 1 unspecified atom stereocenters. The summed E-state index contributed by atoms with van der Waals surface area (Å²) >= 11 is 0. The van der Waals surface area contributed by atoms with Crippen molar-refractivity contribution in [3.05, 3.63) is 23.3 Å². The van der Waals surface area contributed by atoms with Gasteiger partial charge in [-0.3, -0.25) is 4.79 Å². The van der Waals surface area contributed by atoms with Gasteiger partial charge in [-0.05, 0) is 43.4 Å². The number of hydrogen-bond acceptors (Lipinski definition) is 4. The Labute approximate surface area is 123 Å². The van der Waals surface area contributed by atoms with E-state index in [0.717, 1.165) is 37.3 Å². The molecule has 0 aromatic heterocycles. The summed E-state index contributed by atoms with van der Waals surface area (Å²) < 4.78 is 11.7. The molecule has 1 N–H and O–H groups in total. The maximum atomic E-state index is 12.5. The number of rotatable bonds is 1. The first-order chi connectivity index (χ1) is 10.3. The molecule has 1 saturated carbocycles. The van der Waals surface area contributed by atoms with E-state index in [4.69, 9.17) is 9.47 Å². The van der Waals surface area contributed by atoms with Crippen molar-refractivity contribution in [2.24, 2.45) is 5.92 Å². The first-order valence-electron chi connectivity index (χ1n) is 7.89. The van der Waals surface area contributed by atoms with Gasteiger partial charge in [0.1, 0.15) is 0 Å². The molecule has 1 aromatic carbocycles. The van der Waals surface area contributed by atoms with E-state index in [9.17, 15) is 4.79 Å². The third kappa shape index (κ3) is 1.24. The molecule has 5 rings (SSSR count). The van der Waals surface area contributed by atoms with Crippen LogP contribution < -0.4 is 14.8 Å². The molecule has 2 aliphatic carbocycles. The second-order valence-electron chi connectivity index (χ2n) is 6.80. The zero-order valence-corrected chi connectivity index (χ0v) is 12.1. The van der Waals surface area contributed by atoms with Crippen LogP contribution in [0.3, 0.4) is 0 Å². The second-order valence-corrected chi connectivity index (χ2v) is 6.80. The molecule has 4 aliphatic rings. The van der Waals surface area contributed by atoms with Gasteiger partial charge in [0.05, 0.1) is 7.11 Å². The molecule has 0 radical (unpaired) electrons. The first kappa shape index (κ1) is 12.0. The summed E-state index contributed by atoms with van der Waals surface area (Å²) in [4.78, 5) is 12.5. The fourth-order valence-corrected chi connectivity index (χ4v) is 5.40. The third-order valence-corrected chi connectivity index (χ3v) is 6.12. The Morgan fingerprint density at radius 3 is 3.19 bits per heavy atom. The SMILES string of the molecule is COc1ccc2c3c1OC1C(=O)CC[C@@H]4[C@H](C2)NCC[C@@]314. The molecule has 0 amide bonds. The average Bonchev–Trinajstić information content (AvgIpc) is 2.83. The monoisotopic (exact) mass is 285 g/mol. The molecule has 4 heteroatoms. The lowest BCUT2D eigenvalue weighted by Gasteiger charge is -2.54. The van der Waals surface area contributed by atoms with Gasteiger partial charge in [-0.25, -0.2) is 0 Å². The zero-order chi connectivity index (χ0) is 14.2.